The Bertz CT molecular complexity index is 1130. The van der Waals surface area contributed by atoms with Crippen LogP contribution in [0.15, 0.2) is 72.0 Å². The maximum absolute atomic E-state index is 12.3. The third kappa shape index (κ3) is 5.45. The number of nitrogens with one attached hydrogen (secondary N) is 2. The number of thioether (sulfide) groups is 1. The lowest BCUT2D eigenvalue weighted by Crippen LogP contribution is -2.13. The first-order chi connectivity index (χ1) is 15.5. The molecule has 0 aliphatic heterocycles. The minimum Gasteiger partial charge on any atom is -0.332 e. The number of benzene rings is 2. The summed E-state index contributed by atoms with van der Waals surface area (Å²) in [5.74, 6) is 1.14. The van der Waals surface area contributed by atoms with Gasteiger partial charge in [-0.15, -0.1) is 0 Å². The first-order valence-electron chi connectivity index (χ1n) is 10.6. The normalized spacial score (nSPS) is 10.8. The minimum atomic E-state index is -0.0575. The highest BCUT2D eigenvalue weighted by atomic mass is 32.2. The average molecular weight is 443 g/mol. The summed E-state index contributed by atoms with van der Waals surface area (Å²) in [4.78, 5) is 24.8. The van der Waals surface area contributed by atoms with E-state index in [4.69, 9.17) is 4.98 Å². The topological polar surface area (TPSA) is 70.7 Å². The first-order valence-corrected chi connectivity index (χ1v) is 11.6. The lowest BCUT2D eigenvalue weighted by molar-refractivity contribution is -0.115. The van der Waals surface area contributed by atoms with E-state index in [0.717, 1.165) is 33.2 Å². The Morgan fingerprint density at radius 2 is 1.50 bits per heavy atom. The molecule has 162 valence electrons. The smallest absolute Gasteiger partial charge is 0.226 e. The number of pyridine rings is 1. The molecule has 2 aromatic carbocycles. The largest absolute Gasteiger partial charge is 0.332 e. The van der Waals surface area contributed by atoms with Crippen molar-refractivity contribution in [3.8, 4) is 22.5 Å². The van der Waals surface area contributed by atoms with Crippen LogP contribution >= 0.6 is 11.8 Å². The van der Waals surface area contributed by atoms with Gasteiger partial charge in [-0.3, -0.25) is 4.79 Å². The van der Waals surface area contributed by atoms with Crippen LogP contribution in [-0.4, -0.2) is 26.6 Å². The molecule has 2 heterocycles. The van der Waals surface area contributed by atoms with E-state index < -0.39 is 0 Å². The third-order valence-electron chi connectivity index (χ3n) is 5.09. The van der Waals surface area contributed by atoms with Gasteiger partial charge in [-0.2, -0.15) is 0 Å². The van der Waals surface area contributed by atoms with E-state index in [2.05, 4.69) is 77.7 Å². The number of hydrogen-bond donors (Lipinski definition) is 2. The van der Waals surface area contributed by atoms with Gasteiger partial charge in [0.1, 0.15) is 5.82 Å². The van der Waals surface area contributed by atoms with Crippen molar-refractivity contribution in [3.63, 3.8) is 0 Å². The van der Waals surface area contributed by atoms with Crippen LogP contribution in [0.1, 0.15) is 23.1 Å². The maximum Gasteiger partial charge on any atom is 0.226 e. The SMILES string of the molecule is Cc1ccc(-c2nc(SCCC(=O)Nc3ccc(C)cn3)[nH]c2-c2ccc(C)cc2)cc1. The Labute approximate surface area is 192 Å². The Morgan fingerprint density at radius 3 is 2.12 bits per heavy atom. The number of aryl methyl sites for hydroxylation is 3. The fraction of sp³-hybridized carbons (Fsp3) is 0.192. The van der Waals surface area contributed by atoms with Crippen molar-refractivity contribution in [1.29, 1.82) is 0 Å². The second-order valence-electron chi connectivity index (χ2n) is 7.87. The van der Waals surface area contributed by atoms with Gasteiger partial charge in [0, 0.05) is 29.5 Å². The van der Waals surface area contributed by atoms with Crippen LogP contribution in [0.4, 0.5) is 5.82 Å². The van der Waals surface area contributed by atoms with Crippen LogP contribution in [0, 0.1) is 20.8 Å². The number of nitrogens with zero attached hydrogens (tertiary/aromatic N) is 2. The Morgan fingerprint density at radius 1 is 0.875 bits per heavy atom. The molecule has 0 bridgehead atoms. The summed E-state index contributed by atoms with van der Waals surface area (Å²) in [5, 5.41) is 3.64. The highest BCUT2D eigenvalue weighted by Crippen LogP contribution is 2.33. The van der Waals surface area contributed by atoms with Crippen LogP contribution < -0.4 is 5.32 Å². The molecule has 4 rings (SSSR count). The molecule has 0 radical (unpaired) electrons. The first kappa shape index (κ1) is 21.8. The molecule has 0 saturated heterocycles. The van der Waals surface area contributed by atoms with Gasteiger partial charge >= 0.3 is 0 Å². The van der Waals surface area contributed by atoms with Crippen LogP contribution in [0.2, 0.25) is 0 Å². The molecule has 5 nitrogen and oxygen atoms in total. The lowest BCUT2D eigenvalue weighted by Gasteiger charge is -2.04. The summed E-state index contributed by atoms with van der Waals surface area (Å²) < 4.78 is 0. The average Bonchev–Trinajstić information content (AvgIpc) is 3.20. The fourth-order valence-corrected chi connectivity index (χ4v) is 4.07. The summed E-state index contributed by atoms with van der Waals surface area (Å²) in [6.07, 6.45) is 2.12. The maximum atomic E-state index is 12.3. The number of aromatic amines is 1. The zero-order valence-electron chi connectivity index (χ0n) is 18.5. The molecule has 0 saturated carbocycles. The number of carbonyl (C=O) groups is 1. The van der Waals surface area contributed by atoms with Crippen molar-refractivity contribution in [2.24, 2.45) is 0 Å². The number of imidazole rings is 1. The van der Waals surface area contributed by atoms with Gasteiger partial charge < -0.3 is 10.3 Å². The summed E-state index contributed by atoms with van der Waals surface area (Å²) in [6.45, 7) is 6.12. The van der Waals surface area contributed by atoms with Crippen molar-refractivity contribution in [1.82, 2.24) is 15.0 Å². The molecule has 32 heavy (non-hydrogen) atoms. The highest BCUT2D eigenvalue weighted by Gasteiger charge is 2.15. The van der Waals surface area contributed by atoms with Crippen LogP contribution in [-0.2, 0) is 4.79 Å². The second-order valence-corrected chi connectivity index (χ2v) is 8.95. The Hall–Kier alpha value is -3.38. The van der Waals surface area contributed by atoms with Crippen molar-refractivity contribution in [2.45, 2.75) is 32.3 Å². The monoisotopic (exact) mass is 442 g/mol. The summed E-state index contributed by atoms with van der Waals surface area (Å²) in [5.41, 5.74) is 7.56. The minimum absolute atomic E-state index is 0.0575. The van der Waals surface area contributed by atoms with Gasteiger partial charge in [0.2, 0.25) is 5.91 Å². The van der Waals surface area contributed by atoms with Gasteiger partial charge in [-0.05, 0) is 32.4 Å². The second kappa shape index (κ2) is 9.83. The molecular formula is C26H26N4OS. The molecular weight excluding hydrogens is 416 g/mol. The summed E-state index contributed by atoms with van der Waals surface area (Å²) in [6, 6.07) is 20.6. The van der Waals surface area contributed by atoms with E-state index in [1.807, 2.05) is 19.1 Å². The molecule has 0 atom stereocenters. The van der Waals surface area contributed by atoms with Crippen molar-refractivity contribution in [2.75, 3.05) is 11.1 Å². The molecule has 1 amide bonds. The zero-order chi connectivity index (χ0) is 22.5. The van der Waals surface area contributed by atoms with Gasteiger partial charge in [-0.1, -0.05) is 77.5 Å². The van der Waals surface area contributed by atoms with E-state index in [1.165, 1.54) is 11.1 Å². The lowest BCUT2D eigenvalue weighted by atomic mass is 10.0. The van der Waals surface area contributed by atoms with Crippen LogP contribution in [0.25, 0.3) is 22.5 Å². The highest BCUT2D eigenvalue weighted by molar-refractivity contribution is 7.99. The van der Waals surface area contributed by atoms with E-state index in [0.29, 0.717) is 18.0 Å². The molecule has 2 aromatic heterocycles. The third-order valence-corrected chi connectivity index (χ3v) is 5.97. The van der Waals surface area contributed by atoms with Crippen molar-refractivity contribution >= 4 is 23.5 Å². The zero-order valence-corrected chi connectivity index (χ0v) is 19.3. The molecule has 0 spiro atoms. The number of H-pyrrole nitrogens is 1. The Kier molecular flexibility index (Phi) is 6.71. The predicted molar refractivity (Wildman–Crippen MR) is 132 cm³/mol. The van der Waals surface area contributed by atoms with Crippen molar-refractivity contribution in [3.05, 3.63) is 83.6 Å². The Balaban J connectivity index is 1.48. The number of aromatic nitrogens is 3. The van der Waals surface area contributed by atoms with Crippen molar-refractivity contribution < 1.29 is 4.79 Å². The predicted octanol–water partition coefficient (Wildman–Crippen LogP) is 6.18. The number of carbonyl (C=O) groups excluding carboxylic acids is 1. The van der Waals surface area contributed by atoms with E-state index >= 15 is 0 Å². The molecule has 2 N–H and O–H groups in total. The quantitative estimate of drug-likeness (QED) is 0.335. The van der Waals surface area contributed by atoms with Gasteiger partial charge in [0.25, 0.3) is 0 Å². The van der Waals surface area contributed by atoms with Gasteiger partial charge in [-0.25, -0.2) is 9.97 Å². The molecule has 6 heteroatoms. The number of anilines is 1. The molecule has 4 aromatic rings. The number of amides is 1. The fourth-order valence-electron chi connectivity index (χ4n) is 3.26. The molecule has 0 aliphatic carbocycles. The van der Waals surface area contributed by atoms with Crippen LogP contribution in [0.5, 0.6) is 0 Å². The standard InChI is InChI=1S/C26H26N4OS/c1-17-4-9-20(10-5-17)24-25(21-11-6-18(2)7-12-21)30-26(29-24)32-15-14-23(31)28-22-13-8-19(3)16-27-22/h4-13,16H,14-15H2,1-3H3,(H,29,30)(H,27,28,31). The molecule has 0 fully saturated rings. The summed E-state index contributed by atoms with van der Waals surface area (Å²) in [7, 11) is 0. The van der Waals surface area contributed by atoms with Gasteiger partial charge in [0.15, 0.2) is 5.16 Å². The molecule has 0 unspecified atom stereocenters. The van der Waals surface area contributed by atoms with E-state index in [-0.39, 0.29) is 5.91 Å². The number of rotatable bonds is 7. The van der Waals surface area contributed by atoms with Gasteiger partial charge in [0.05, 0.1) is 11.4 Å². The molecule has 0 aliphatic rings. The van der Waals surface area contributed by atoms with E-state index in [9.17, 15) is 4.79 Å². The van der Waals surface area contributed by atoms with Crippen LogP contribution in [0.3, 0.4) is 0 Å². The summed E-state index contributed by atoms with van der Waals surface area (Å²) >= 11 is 1.54. The number of hydrogen-bond acceptors (Lipinski definition) is 4. The van der Waals surface area contributed by atoms with E-state index in [1.54, 1.807) is 18.0 Å².